The first-order valence-electron chi connectivity index (χ1n) is 33.1. The number of rotatable bonds is 40. The van der Waals surface area contributed by atoms with Crippen LogP contribution in [0.25, 0.3) is 0 Å². The molecule has 3 aliphatic rings. The number of carbonyl (C=O) groups is 11. The van der Waals surface area contributed by atoms with Crippen LogP contribution in [-0.4, -0.2) is 199 Å². The summed E-state index contributed by atoms with van der Waals surface area (Å²) in [6.07, 6.45) is 12.8. The molecule has 25 heteroatoms. The lowest BCUT2D eigenvalue weighted by Crippen LogP contribution is -2.60. The van der Waals surface area contributed by atoms with Crippen molar-refractivity contribution in [2.24, 2.45) is 35.3 Å². The average molecular weight is 1300 g/mol. The van der Waals surface area contributed by atoms with Crippen LogP contribution in [0.4, 0.5) is 10.5 Å². The lowest BCUT2D eigenvalue weighted by Gasteiger charge is -2.41. The van der Waals surface area contributed by atoms with Gasteiger partial charge in [-0.2, -0.15) is 0 Å². The molecule has 0 unspecified atom stereocenters. The van der Waals surface area contributed by atoms with E-state index in [0.717, 1.165) is 22.5 Å². The van der Waals surface area contributed by atoms with Gasteiger partial charge in [0.05, 0.1) is 42.7 Å². The maximum atomic E-state index is 14.9. The number of nitrogens with one attached hydrogen (secondary N) is 6. The second-order valence-electron chi connectivity index (χ2n) is 26.1. The number of imide groups is 1. The Hall–Kier alpha value is -7.51. The number of carbonyl (C=O) groups excluding carboxylic acids is 10. The predicted molar refractivity (Wildman–Crippen MR) is 353 cm³/mol. The van der Waals surface area contributed by atoms with Gasteiger partial charge in [-0.25, -0.2) is 9.59 Å². The van der Waals surface area contributed by atoms with Crippen molar-refractivity contribution in [3.8, 4) is 0 Å². The predicted octanol–water partition coefficient (Wildman–Crippen LogP) is 4.98. The van der Waals surface area contributed by atoms with Crippen LogP contribution >= 0.6 is 0 Å². The summed E-state index contributed by atoms with van der Waals surface area (Å²) in [5.74, 6) is -6.51. The fraction of sp³-hybridized carbons (Fsp3) is 0.662. The van der Waals surface area contributed by atoms with Crippen LogP contribution in [0.2, 0.25) is 0 Å². The van der Waals surface area contributed by atoms with Crippen molar-refractivity contribution in [3.05, 3.63) is 65.8 Å². The number of benzene rings is 1. The van der Waals surface area contributed by atoms with Gasteiger partial charge in [0, 0.05) is 71.7 Å². The Bertz CT molecular complexity index is 2790. The summed E-state index contributed by atoms with van der Waals surface area (Å²) in [5.41, 5.74) is 7.54. The summed E-state index contributed by atoms with van der Waals surface area (Å²) in [5, 5.41) is 26.8. The summed E-state index contributed by atoms with van der Waals surface area (Å²) in [4.78, 5) is 152. The van der Waals surface area contributed by atoms with E-state index in [4.69, 9.17) is 15.2 Å². The van der Waals surface area contributed by atoms with Gasteiger partial charge < -0.3 is 62.0 Å². The lowest BCUT2D eigenvalue weighted by molar-refractivity contribution is -0.148. The number of primary amides is 1. The number of unbranched alkanes of at least 4 members (excludes halogenated alkanes) is 2. The Kier molecular flexibility index (Phi) is 32.4. The van der Waals surface area contributed by atoms with E-state index in [2.05, 4.69) is 31.9 Å². The van der Waals surface area contributed by atoms with Gasteiger partial charge in [-0.3, -0.25) is 53.0 Å². The number of allylic oxidation sites excluding steroid dienone is 3. The molecule has 9 N–H and O–H groups in total. The second-order valence-corrected chi connectivity index (χ2v) is 26.1. The maximum Gasteiger partial charge on any atom is 0.326 e. The number of anilines is 1. The first-order valence-corrected chi connectivity index (χ1v) is 33.1. The molecule has 518 valence electrons. The molecular formula is C68H107N11O14. The van der Waals surface area contributed by atoms with Crippen LogP contribution < -0.4 is 37.6 Å². The number of urea groups is 1. The van der Waals surface area contributed by atoms with Crippen LogP contribution in [0.15, 0.2) is 60.2 Å². The highest BCUT2D eigenvalue weighted by atomic mass is 16.5. The number of hydrogen-bond donors (Lipinski definition) is 8. The molecule has 0 spiro atoms. The third-order valence-corrected chi connectivity index (χ3v) is 18.1. The Morgan fingerprint density at radius 1 is 0.763 bits per heavy atom. The largest absolute Gasteiger partial charge is 0.480 e. The second kappa shape index (κ2) is 38.6. The van der Waals surface area contributed by atoms with E-state index in [9.17, 15) is 57.8 Å². The highest BCUT2D eigenvalue weighted by Crippen LogP contribution is 2.31. The maximum absolute atomic E-state index is 14.9. The molecule has 93 heavy (non-hydrogen) atoms. The minimum absolute atomic E-state index is 0.0836. The average Bonchev–Trinajstić information content (AvgIpc) is 1.83. The van der Waals surface area contributed by atoms with Gasteiger partial charge in [-0.15, -0.1) is 0 Å². The van der Waals surface area contributed by atoms with Crippen molar-refractivity contribution in [1.82, 2.24) is 46.2 Å². The summed E-state index contributed by atoms with van der Waals surface area (Å²) in [7, 11) is 6.53. The normalized spacial score (nSPS) is 18.0. The third kappa shape index (κ3) is 23.8. The van der Waals surface area contributed by atoms with E-state index in [0.29, 0.717) is 70.1 Å². The topological polar surface area (TPSA) is 338 Å². The molecule has 1 aromatic carbocycles. The van der Waals surface area contributed by atoms with E-state index in [1.807, 2.05) is 83.9 Å². The molecular weight excluding hydrogens is 1190 g/mol. The molecule has 11 amide bonds. The quantitative estimate of drug-likeness (QED) is 0.0317. The number of ether oxygens (including phenoxy) is 2. The van der Waals surface area contributed by atoms with Crippen LogP contribution in [-0.2, 0) is 63.8 Å². The fourth-order valence-electron chi connectivity index (χ4n) is 12.5. The zero-order valence-electron chi connectivity index (χ0n) is 57.1. The standard InChI is InChI=1S/C68H107N11O14/c1-14-44(8)60(52(92-12)40-56(83)78-37-22-26-51(78)61(93-13)45(9)62(84)73-50(67(89)90)39-47-23-17-15-18-24-47)77(11)66(88)58(42(4)5)75-65(87)59(43(6)7)76(10)38-34-46-28-30-48(31-29-46)71-63(85)49(25-21-35-70-68(69)91)72-64(86)57(41(2)3)74-53(80)27-19-16-20-36-79-54(81)32-33-55(79)82/h15,17,23,28-33,41-45,49-52,57-61H,14,16,18-22,24-27,34-40H2,1-13H3,(H,71,85)(H,72,86)(H,73,84)(H,74,80)(H,75,87)(H,89,90)(H3,69,70,91)/t44-,45+,49-,50-,51-,52+,57-,58-,59-,60-,61+/m0/s1. The molecule has 1 aliphatic carbocycles. The van der Waals surface area contributed by atoms with E-state index in [1.165, 1.54) is 26.4 Å². The highest BCUT2D eigenvalue weighted by molar-refractivity contribution is 6.12. The molecule has 0 radical (unpaired) electrons. The lowest BCUT2D eigenvalue weighted by atomic mass is 9.89. The molecule has 1 aromatic rings. The molecule has 0 aromatic heterocycles. The van der Waals surface area contributed by atoms with Crippen LogP contribution in [0, 0.1) is 29.6 Å². The SMILES string of the molecule is CC[C@H](C)[C@@H]([C@@H](CC(=O)N1CCC[C@H]1[C@H](OC)[C@@H](C)C(=O)N[C@@H](CC1=CC=CCC1)C(=O)O)OC)N(C)C(=O)[C@@H](NC(=O)[C@H](C(C)C)N(C)CCc1ccc(NC(=O)[C@H](CCCNC(N)=O)NC(=O)[C@@H](NC(=O)CCCCCN2C(=O)C=CC2=O)C(C)C)cc1)C(C)C. The van der Waals surface area contributed by atoms with Crippen molar-refractivity contribution in [1.29, 1.82) is 0 Å². The van der Waals surface area contributed by atoms with E-state index in [-0.39, 0.29) is 104 Å². The zero-order valence-corrected chi connectivity index (χ0v) is 57.1. The Morgan fingerprint density at radius 2 is 1.42 bits per heavy atom. The first-order chi connectivity index (χ1) is 44.0. The van der Waals surface area contributed by atoms with Gasteiger partial charge in [0.2, 0.25) is 41.4 Å². The molecule has 0 saturated carbocycles. The molecule has 1 fully saturated rings. The molecule has 2 heterocycles. The number of hydrogen-bond acceptors (Lipinski definition) is 14. The van der Waals surface area contributed by atoms with E-state index >= 15 is 0 Å². The molecule has 2 aliphatic heterocycles. The summed E-state index contributed by atoms with van der Waals surface area (Å²) < 4.78 is 12.1. The summed E-state index contributed by atoms with van der Waals surface area (Å²) >= 11 is 0. The van der Waals surface area contributed by atoms with Gasteiger partial charge in [0.1, 0.15) is 24.2 Å². The third-order valence-electron chi connectivity index (χ3n) is 18.1. The molecule has 0 bridgehead atoms. The number of nitrogens with two attached hydrogens (primary N) is 1. The highest BCUT2D eigenvalue weighted by Gasteiger charge is 2.44. The van der Waals surface area contributed by atoms with Gasteiger partial charge in [-0.1, -0.05) is 111 Å². The number of methoxy groups -OCH3 is 2. The summed E-state index contributed by atoms with van der Waals surface area (Å²) in [6.45, 7) is 18.1. The number of likely N-dealkylation sites (tertiary alicyclic amines) is 1. The number of likely N-dealkylation sites (N-methyl/N-ethyl adjacent to an activating group) is 2. The van der Waals surface area contributed by atoms with Crippen molar-refractivity contribution in [2.75, 3.05) is 59.8 Å². The van der Waals surface area contributed by atoms with Crippen molar-refractivity contribution < 1.29 is 67.3 Å². The van der Waals surface area contributed by atoms with Gasteiger partial charge in [-0.05, 0) is 113 Å². The first kappa shape index (κ1) is 77.9. The minimum Gasteiger partial charge on any atom is -0.480 e. The Balaban J connectivity index is 1.38. The minimum atomic E-state index is -1.14. The summed E-state index contributed by atoms with van der Waals surface area (Å²) in [6, 6.07) is 0.608. The number of aliphatic carboxylic acids is 1. The van der Waals surface area contributed by atoms with Crippen molar-refractivity contribution >= 4 is 70.9 Å². The molecule has 4 rings (SSSR count). The van der Waals surface area contributed by atoms with E-state index < -0.39 is 90.1 Å². The smallest absolute Gasteiger partial charge is 0.326 e. The monoisotopic (exact) mass is 1300 g/mol. The number of carboxylic acid groups (broad SMARTS) is 1. The Morgan fingerprint density at radius 3 is 1.99 bits per heavy atom. The Labute approximate surface area is 549 Å². The van der Waals surface area contributed by atoms with Crippen LogP contribution in [0.1, 0.15) is 151 Å². The zero-order chi connectivity index (χ0) is 69.2. The molecule has 25 nitrogen and oxygen atoms in total. The van der Waals surface area contributed by atoms with Gasteiger partial charge in [0.25, 0.3) is 11.8 Å². The van der Waals surface area contributed by atoms with E-state index in [1.54, 1.807) is 49.8 Å². The molecule has 11 atom stereocenters. The number of carboxylic acids is 1. The fourth-order valence-corrected chi connectivity index (χ4v) is 12.5. The van der Waals surface area contributed by atoms with Gasteiger partial charge in [0.15, 0.2) is 0 Å². The van der Waals surface area contributed by atoms with Crippen LogP contribution in [0.5, 0.6) is 0 Å². The molecule has 1 saturated heterocycles. The number of nitrogens with zero attached hydrogens (tertiary/aromatic N) is 4. The number of amides is 11. The van der Waals surface area contributed by atoms with Crippen molar-refractivity contribution in [2.45, 2.75) is 207 Å². The van der Waals surface area contributed by atoms with Crippen molar-refractivity contribution in [3.63, 3.8) is 0 Å². The van der Waals surface area contributed by atoms with Gasteiger partial charge >= 0.3 is 12.0 Å². The van der Waals surface area contributed by atoms with Crippen LogP contribution in [0.3, 0.4) is 0 Å².